The second-order valence-electron chi connectivity index (χ2n) is 7.18. The fourth-order valence-electron chi connectivity index (χ4n) is 3.68. The maximum Gasteiger partial charge on any atom is 0.313 e. The molecule has 142 valence electrons. The minimum absolute atomic E-state index is 0.00887. The van der Waals surface area contributed by atoms with Gasteiger partial charge in [0, 0.05) is 6.04 Å². The summed E-state index contributed by atoms with van der Waals surface area (Å²) in [7, 11) is 0. The Balaban J connectivity index is 1.84. The molecule has 27 heavy (non-hydrogen) atoms. The molecule has 3 N–H and O–H groups in total. The maximum absolute atomic E-state index is 13.0. The highest BCUT2D eigenvalue weighted by atomic mass is 16.2. The van der Waals surface area contributed by atoms with Crippen molar-refractivity contribution in [3.05, 3.63) is 53.2 Å². The van der Waals surface area contributed by atoms with Gasteiger partial charge in [0.1, 0.15) is 5.82 Å². The van der Waals surface area contributed by atoms with E-state index in [2.05, 4.69) is 10.3 Å². The molecule has 1 fully saturated rings. The number of hydrogen-bond donors (Lipinski definition) is 2. The zero-order valence-electron chi connectivity index (χ0n) is 16.0. The van der Waals surface area contributed by atoms with E-state index >= 15 is 0 Å². The predicted octanol–water partition coefficient (Wildman–Crippen LogP) is 3.36. The van der Waals surface area contributed by atoms with Gasteiger partial charge in [-0.3, -0.25) is 9.59 Å². The van der Waals surface area contributed by atoms with Crippen LogP contribution in [0.25, 0.3) is 0 Å². The molecule has 1 aliphatic rings. The van der Waals surface area contributed by atoms with Gasteiger partial charge in [-0.05, 0) is 56.7 Å². The van der Waals surface area contributed by atoms with E-state index in [-0.39, 0.29) is 12.1 Å². The number of nitrogen functional groups attached to an aromatic ring is 1. The van der Waals surface area contributed by atoms with Gasteiger partial charge in [0.15, 0.2) is 0 Å². The SMILES string of the molecule is Cc1c(NC(=O)C(=O)N2C(C)CCCC2c2ccccc2)cnc(N)c1C. The predicted molar refractivity (Wildman–Crippen MR) is 106 cm³/mol. The second kappa shape index (κ2) is 7.78. The summed E-state index contributed by atoms with van der Waals surface area (Å²) in [5.41, 5.74) is 8.99. The number of pyridine rings is 1. The molecule has 1 aromatic carbocycles. The monoisotopic (exact) mass is 366 g/mol. The van der Waals surface area contributed by atoms with Crippen LogP contribution in [0, 0.1) is 13.8 Å². The second-order valence-corrected chi connectivity index (χ2v) is 7.18. The average Bonchev–Trinajstić information content (AvgIpc) is 2.68. The summed E-state index contributed by atoms with van der Waals surface area (Å²) in [6.45, 7) is 5.69. The zero-order valence-corrected chi connectivity index (χ0v) is 16.0. The first-order valence-corrected chi connectivity index (χ1v) is 9.30. The van der Waals surface area contributed by atoms with E-state index in [0.717, 1.165) is 36.0 Å². The van der Waals surface area contributed by atoms with Crippen molar-refractivity contribution in [2.45, 2.75) is 52.1 Å². The number of carbonyl (C=O) groups is 2. The van der Waals surface area contributed by atoms with Crippen LogP contribution in [-0.2, 0) is 9.59 Å². The van der Waals surface area contributed by atoms with E-state index in [4.69, 9.17) is 5.73 Å². The van der Waals surface area contributed by atoms with Gasteiger partial charge in [-0.25, -0.2) is 4.98 Å². The highest BCUT2D eigenvalue weighted by molar-refractivity contribution is 6.39. The van der Waals surface area contributed by atoms with Crippen molar-refractivity contribution in [2.24, 2.45) is 0 Å². The lowest BCUT2D eigenvalue weighted by Crippen LogP contribution is -2.48. The van der Waals surface area contributed by atoms with Crippen LogP contribution in [0.15, 0.2) is 36.5 Å². The van der Waals surface area contributed by atoms with Crippen LogP contribution >= 0.6 is 0 Å². The van der Waals surface area contributed by atoms with Crippen molar-refractivity contribution < 1.29 is 9.59 Å². The number of nitrogens with zero attached hydrogens (tertiary/aromatic N) is 2. The van der Waals surface area contributed by atoms with Crippen molar-refractivity contribution in [2.75, 3.05) is 11.1 Å². The van der Waals surface area contributed by atoms with Gasteiger partial charge in [0.2, 0.25) is 0 Å². The third kappa shape index (κ3) is 3.79. The third-order valence-corrected chi connectivity index (χ3v) is 5.45. The van der Waals surface area contributed by atoms with E-state index < -0.39 is 11.8 Å². The summed E-state index contributed by atoms with van der Waals surface area (Å²) in [5, 5.41) is 2.72. The Hall–Kier alpha value is -2.89. The minimum atomic E-state index is -0.640. The third-order valence-electron chi connectivity index (χ3n) is 5.45. The smallest absolute Gasteiger partial charge is 0.313 e. The number of aromatic nitrogens is 1. The summed E-state index contributed by atoms with van der Waals surface area (Å²) in [5.74, 6) is -0.727. The fraction of sp³-hybridized carbons (Fsp3) is 0.381. The van der Waals surface area contributed by atoms with E-state index in [9.17, 15) is 9.59 Å². The number of piperidine rings is 1. The van der Waals surface area contributed by atoms with Gasteiger partial charge in [-0.2, -0.15) is 0 Å². The molecule has 0 aliphatic carbocycles. The largest absolute Gasteiger partial charge is 0.383 e. The molecule has 1 aromatic heterocycles. The highest BCUT2D eigenvalue weighted by Crippen LogP contribution is 2.34. The van der Waals surface area contributed by atoms with Gasteiger partial charge in [0.05, 0.1) is 17.9 Å². The molecule has 0 saturated carbocycles. The number of carbonyl (C=O) groups excluding carboxylic acids is 2. The average molecular weight is 366 g/mol. The Labute approximate surface area is 159 Å². The van der Waals surface area contributed by atoms with Crippen LogP contribution in [0.4, 0.5) is 11.5 Å². The van der Waals surface area contributed by atoms with Crippen LogP contribution in [0.2, 0.25) is 0 Å². The van der Waals surface area contributed by atoms with Crippen LogP contribution in [0.1, 0.15) is 48.9 Å². The summed E-state index contributed by atoms with van der Waals surface area (Å²) >= 11 is 0. The quantitative estimate of drug-likeness (QED) is 0.798. The lowest BCUT2D eigenvalue weighted by Gasteiger charge is -2.40. The first-order valence-electron chi connectivity index (χ1n) is 9.30. The molecule has 2 heterocycles. The molecule has 6 nitrogen and oxygen atoms in total. The van der Waals surface area contributed by atoms with E-state index in [1.807, 2.05) is 51.1 Å². The molecule has 0 radical (unpaired) electrons. The van der Waals surface area contributed by atoms with Crippen LogP contribution in [-0.4, -0.2) is 27.7 Å². The minimum Gasteiger partial charge on any atom is -0.383 e. The van der Waals surface area contributed by atoms with Crippen molar-refractivity contribution in [1.82, 2.24) is 9.88 Å². The molecule has 2 atom stereocenters. The lowest BCUT2D eigenvalue weighted by molar-refractivity contribution is -0.148. The van der Waals surface area contributed by atoms with Gasteiger partial charge in [0.25, 0.3) is 0 Å². The molecule has 6 heteroatoms. The molecule has 0 spiro atoms. The molecular weight excluding hydrogens is 340 g/mol. The van der Waals surface area contributed by atoms with Gasteiger partial charge >= 0.3 is 11.8 Å². The molecule has 3 rings (SSSR count). The molecule has 2 unspecified atom stereocenters. The fourth-order valence-corrected chi connectivity index (χ4v) is 3.68. The Morgan fingerprint density at radius 2 is 1.85 bits per heavy atom. The number of benzene rings is 1. The Morgan fingerprint density at radius 1 is 1.15 bits per heavy atom. The number of nitrogens with two attached hydrogens (primary N) is 1. The van der Waals surface area contributed by atoms with Crippen molar-refractivity contribution in [3.63, 3.8) is 0 Å². The molecule has 1 aliphatic heterocycles. The topological polar surface area (TPSA) is 88.3 Å². The molecule has 2 amide bonds. The van der Waals surface area contributed by atoms with Crippen LogP contribution in [0.3, 0.4) is 0 Å². The zero-order chi connectivity index (χ0) is 19.6. The van der Waals surface area contributed by atoms with Gasteiger partial charge in [-0.15, -0.1) is 0 Å². The summed E-state index contributed by atoms with van der Waals surface area (Å²) in [4.78, 5) is 31.6. The molecule has 2 aromatic rings. The van der Waals surface area contributed by atoms with Crippen molar-refractivity contribution in [1.29, 1.82) is 0 Å². The van der Waals surface area contributed by atoms with Crippen molar-refractivity contribution >= 4 is 23.3 Å². The summed E-state index contributed by atoms with van der Waals surface area (Å²) < 4.78 is 0. The number of hydrogen-bond acceptors (Lipinski definition) is 4. The van der Waals surface area contributed by atoms with Gasteiger partial charge < -0.3 is 16.0 Å². The van der Waals surface area contributed by atoms with Crippen LogP contribution < -0.4 is 11.1 Å². The molecular formula is C21H26N4O2. The number of rotatable bonds is 2. The first-order chi connectivity index (χ1) is 12.9. The Bertz CT molecular complexity index is 851. The number of nitrogens with one attached hydrogen (secondary N) is 1. The normalized spacial score (nSPS) is 19.6. The van der Waals surface area contributed by atoms with E-state index in [1.165, 1.54) is 6.20 Å². The maximum atomic E-state index is 13.0. The van der Waals surface area contributed by atoms with E-state index in [0.29, 0.717) is 11.5 Å². The summed E-state index contributed by atoms with van der Waals surface area (Å²) in [6, 6.07) is 9.83. The Kier molecular flexibility index (Phi) is 5.44. The molecule has 0 bridgehead atoms. The number of amides is 2. The van der Waals surface area contributed by atoms with Crippen LogP contribution in [0.5, 0.6) is 0 Å². The standard InChI is InChI=1S/C21H26N4O2/c1-13-8-7-11-18(16-9-5-4-6-10-16)25(13)21(27)20(26)24-17-12-23-19(22)15(3)14(17)2/h4-6,9-10,12-13,18H,7-8,11H2,1-3H3,(H2,22,23)(H,24,26). The van der Waals surface area contributed by atoms with Gasteiger partial charge in [-0.1, -0.05) is 30.3 Å². The Morgan fingerprint density at radius 3 is 2.56 bits per heavy atom. The first kappa shape index (κ1) is 18.9. The highest BCUT2D eigenvalue weighted by Gasteiger charge is 2.36. The van der Waals surface area contributed by atoms with E-state index in [1.54, 1.807) is 4.90 Å². The lowest BCUT2D eigenvalue weighted by atomic mass is 9.91. The summed E-state index contributed by atoms with van der Waals surface area (Å²) in [6.07, 6.45) is 4.28. The van der Waals surface area contributed by atoms with Crippen molar-refractivity contribution in [3.8, 4) is 0 Å². The number of anilines is 2. The molecule has 1 saturated heterocycles. The number of likely N-dealkylation sites (tertiary alicyclic amines) is 1.